The molecule has 0 saturated carbocycles. The maximum Gasteiger partial charge on any atom is 0.230 e. The molecule has 0 saturated heterocycles. The van der Waals surface area contributed by atoms with E-state index < -0.39 is 0 Å². The third-order valence-corrected chi connectivity index (χ3v) is 3.49. The van der Waals surface area contributed by atoms with Gasteiger partial charge >= 0.3 is 0 Å². The Bertz CT molecular complexity index is 892. The molecule has 0 aliphatic carbocycles. The van der Waals surface area contributed by atoms with Crippen LogP contribution in [0, 0.1) is 16.7 Å². The van der Waals surface area contributed by atoms with Gasteiger partial charge in [-0.3, -0.25) is 15.2 Å². The second kappa shape index (κ2) is 5.73. The fourth-order valence-electron chi connectivity index (χ4n) is 2.37. The Labute approximate surface area is 132 Å². The molecule has 0 fully saturated rings. The first kappa shape index (κ1) is 14.5. The number of rotatable bonds is 2. The van der Waals surface area contributed by atoms with Gasteiger partial charge in [-0.2, -0.15) is 5.26 Å². The number of anilines is 1. The van der Waals surface area contributed by atoms with Gasteiger partial charge in [-0.1, -0.05) is 12.1 Å². The molecule has 0 atom stereocenters. The number of carbonyl (C=O) groups is 1. The van der Waals surface area contributed by atoms with Gasteiger partial charge in [-0.05, 0) is 35.9 Å². The average Bonchev–Trinajstić information content (AvgIpc) is 2.72. The van der Waals surface area contributed by atoms with Gasteiger partial charge in [0.15, 0.2) is 0 Å². The number of amides is 1. The number of fused-ring (bicyclic) bond motifs is 1. The first-order valence-electron chi connectivity index (χ1n) is 6.93. The van der Waals surface area contributed by atoms with Crippen molar-refractivity contribution in [3.05, 3.63) is 59.2 Å². The first-order chi connectivity index (χ1) is 11.1. The summed E-state index contributed by atoms with van der Waals surface area (Å²) >= 11 is 0. The van der Waals surface area contributed by atoms with Crippen LogP contribution in [0.1, 0.15) is 23.1 Å². The lowest BCUT2D eigenvalue weighted by Crippen LogP contribution is -2.16. The Hall–Kier alpha value is -3.46. The highest BCUT2D eigenvalue weighted by Gasteiger charge is 2.18. The third kappa shape index (κ3) is 2.94. The standard InChI is InChI=1S/C17H13N5O/c18-9-10-2-1-3-11(6-10)14-8-16(23)22-15-7-12(17(19)20)4-5-13(15)21-14/h1-7H,8H2,(H3,19,20)(H,22,23). The molecular formula is C17H13N5O. The van der Waals surface area contributed by atoms with E-state index in [2.05, 4.69) is 16.4 Å². The number of amidine groups is 1. The Morgan fingerprint density at radius 2 is 2.13 bits per heavy atom. The topological polar surface area (TPSA) is 115 Å². The molecular weight excluding hydrogens is 290 g/mol. The highest BCUT2D eigenvalue weighted by atomic mass is 16.1. The number of nitrogens with two attached hydrogens (primary N) is 1. The van der Waals surface area contributed by atoms with Crippen molar-refractivity contribution in [3.63, 3.8) is 0 Å². The summed E-state index contributed by atoms with van der Waals surface area (Å²) in [5.41, 5.74) is 8.96. The molecule has 1 heterocycles. The highest BCUT2D eigenvalue weighted by Crippen LogP contribution is 2.30. The summed E-state index contributed by atoms with van der Waals surface area (Å²) in [6.45, 7) is 0. The average molecular weight is 303 g/mol. The third-order valence-electron chi connectivity index (χ3n) is 3.49. The molecule has 6 heteroatoms. The Morgan fingerprint density at radius 3 is 2.87 bits per heavy atom. The molecule has 112 valence electrons. The minimum Gasteiger partial charge on any atom is -0.384 e. The van der Waals surface area contributed by atoms with Crippen LogP contribution in [0.5, 0.6) is 0 Å². The van der Waals surface area contributed by atoms with Gasteiger partial charge in [0.25, 0.3) is 0 Å². The van der Waals surface area contributed by atoms with Crippen LogP contribution < -0.4 is 11.1 Å². The van der Waals surface area contributed by atoms with Crippen LogP contribution >= 0.6 is 0 Å². The van der Waals surface area contributed by atoms with E-state index in [-0.39, 0.29) is 18.2 Å². The van der Waals surface area contributed by atoms with Crippen molar-refractivity contribution in [2.24, 2.45) is 10.7 Å². The van der Waals surface area contributed by atoms with E-state index in [4.69, 9.17) is 16.4 Å². The van der Waals surface area contributed by atoms with Gasteiger partial charge in [-0.25, -0.2) is 0 Å². The number of hydrogen-bond acceptors (Lipinski definition) is 4. The van der Waals surface area contributed by atoms with Crippen LogP contribution in [0.2, 0.25) is 0 Å². The predicted molar refractivity (Wildman–Crippen MR) is 88.1 cm³/mol. The SMILES string of the molecule is N#Cc1cccc(C2=Nc3ccc(C(=N)N)cc3NC(=O)C2)c1. The van der Waals surface area contributed by atoms with Crippen molar-refractivity contribution in [3.8, 4) is 6.07 Å². The van der Waals surface area contributed by atoms with E-state index in [9.17, 15) is 4.79 Å². The minimum atomic E-state index is -0.203. The second-order valence-electron chi connectivity index (χ2n) is 5.12. The van der Waals surface area contributed by atoms with Gasteiger partial charge < -0.3 is 11.1 Å². The first-order valence-corrected chi connectivity index (χ1v) is 6.93. The van der Waals surface area contributed by atoms with Crippen molar-refractivity contribution >= 4 is 28.8 Å². The molecule has 23 heavy (non-hydrogen) atoms. The fourth-order valence-corrected chi connectivity index (χ4v) is 2.37. The maximum atomic E-state index is 12.1. The van der Waals surface area contributed by atoms with Gasteiger partial charge in [-0.15, -0.1) is 0 Å². The largest absolute Gasteiger partial charge is 0.384 e. The second-order valence-corrected chi connectivity index (χ2v) is 5.12. The van der Waals surface area contributed by atoms with Crippen molar-refractivity contribution in [1.29, 1.82) is 10.7 Å². The number of benzene rings is 2. The molecule has 3 rings (SSSR count). The van der Waals surface area contributed by atoms with Crippen LogP contribution in [0.15, 0.2) is 47.5 Å². The van der Waals surface area contributed by atoms with Crippen LogP contribution in [-0.2, 0) is 4.79 Å². The quantitative estimate of drug-likeness (QED) is 0.584. The molecule has 2 aromatic carbocycles. The molecule has 0 aromatic heterocycles. The van der Waals surface area contributed by atoms with Crippen molar-refractivity contribution in [1.82, 2.24) is 0 Å². The van der Waals surface area contributed by atoms with E-state index in [0.717, 1.165) is 5.56 Å². The molecule has 1 aliphatic heterocycles. The number of nitriles is 1. The van der Waals surface area contributed by atoms with Crippen LogP contribution in [0.4, 0.5) is 11.4 Å². The smallest absolute Gasteiger partial charge is 0.230 e. The number of hydrogen-bond donors (Lipinski definition) is 3. The number of carbonyl (C=O) groups excluding carboxylic acids is 1. The summed E-state index contributed by atoms with van der Waals surface area (Å²) in [5.74, 6) is -0.275. The zero-order chi connectivity index (χ0) is 16.4. The molecule has 6 nitrogen and oxygen atoms in total. The van der Waals surface area contributed by atoms with Gasteiger partial charge in [0.05, 0.1) is 35.1 Å². The zero-order valence-electron chi connectivity index (χ0n) is 12.1. The van der Waals surface area contributed by atoms with Crippen molar-refractivity contribution < 1.29 is 4.79 Å². The van der Waals surface area contributed by atoms with Gasteiger partial charge in [0.2, 0.25) is 5.91 Å². The minimum absolute atomic E-state index is 0.0720. The number of aliphatic imine (C=N–C) groups is 1. The van der Waals surface area contributed by atoms with E-state index >= 15 is 0 Å². The maximum absolute atomic E-state index is 12.1. The van der Waals surface area contributed by atoms with E-state index in [0.29, 0.717) is 28.2 Å². The van der Waals surface area contributed by atoms with E-state index in [1.807, 2.05) is 6.07 Å². The normalized spacial score (nSPS) is 13.2. The lowest BCUT2D eigenvalue weighted by molar-refractivity contribution is -0.115. The molecule has 0 spiro atoms. The fraction of sp³-hybridized carbons (Fsp3) is 0.0588. The molecule has 0 radical (unpaired) electrons. The van der Waals surface area contributed by atoms with Gasteiger partial charge in [0.1, 0.15) is 5.84 Å². The van der Waals surface area contributed by atoms with Crippen LogP contribution in [-0.4, -0.2) is 17.5 Å². The molecule has 1 aliphatic rings. The Kier molecular flexibility index (Phi) is 3.61. The summed E-state index contributed by atoms with van der Waals surface area (Å²) in [7, 11) is 0. The van der Waals surface area contributed by atoms with Crippen molar-refractivity contribution in [2.45, 2.75) is 6.42 Å². The number of nitrogens with one attached hydrogen (secondary N) is 2. The predicted octanol–water partition coefficient (Wildman–Crippen LogP) is 2.31. The summed E-state index contributed by atoms with van der Waals surface area (Å²) < 4.78 is 0. The van der Waals surface area contributed by atoms with Crippen LogP contribution in [0.3, 0.4) is 0 Å². The molecule has 1 amide bonds. The molecule has 4 N–H and O–H groups in total. The molecule has 2 aromatic rings. The molecule has 0 bridgehead atoms. The zero-order valence-corrected chi connectivity index (χ0v) is 12.1. The number of nitrogen functional groups attached to an aromatic ring is 1. The Morgan fingerprint density at radius 1 is 1.30 bits per heavy atom. The van der Waals surface area contributed by atoms with Gasteiger partial charge in [0, 0.05) is 5.56 Å². The number of nitrogens with zero attached hydrogens (tertiary/aromatic N) is 2. The lowest BCUT2D eigenvalue weighted by atomic mass is 10.0. The lowest BCUT2D eigenvalue weighted by Gasteiger charge is -2.06. The summed E-state index contributed by atoms with van der Waals surface area (Å²) in [6.07, 6.45) is 0.110. The van der Waals surface area contributed by atoms with Crippen molar-refractivity contribution in [2.75, 3.05) is 5.32 Å². The molecule has 0 unspecified atom stereocenters. The van der Waals surface area contributed by atoms with E-state index in [1.54, 1.807) is 36.4 Å². The Balaban J connectivity index is 2.10. The van der Waals surface area contributed by atoms with E-state index in [1.165, 1.54) is 0 Å². The summed E-state index contributed by atoms with van der Waals surface area (Å²) in [5, 5.41) is 19.3. The monoisotopic (exact) mass is 303 g/mol. The summed E-state index contributed by atoms with van der Waals surface area (Å²) in [4.78, 5) is 16.7. The highest BCUT2D eigenvalue weighted by molar-refractivity contribution is 6.17. The van der Waals surface area contributed by atoms with Crippen LogP contribution in [0.25, 0.3) is 0 Å². The summed E-state index contributed by atoms with van der Waals surface area (Å²) in [6, 6.07) is 14.1.